The smallest absolute Gasteiger partial charge is 0.314 e. The first-order valence-corrected chi connectivity index (χ1v) is 5.82. The molecule has 0 spiro atoms. The highest BCUT2D eigenvalue weighted by Crippen LogP contribution is 2.20. The molecule has 0 heterocycles. The van der Waals surface area contributed by atoms with Crippen molar-refractivity contribution in [2.75, 3.05) is 20.7 Å². The molecule has 17 heavy (non-hydrogen) atoms. The number of hydrogen-bond acceptors (Lipinski definition) is 2. The van der Waals surface area contributed by atoms with Crippen molar-refractivity contribution in [1.29, 1.82) is 0 Å². The summed E-state index contributed by atoms with van der Waals surface area (Å²) in [5.74, 6) is 0.876. The largest absolute Gasteiger partial charge is 0.496 e. The van der Waals surface area contributed by atoms with Crippen LogP contribution in [0.25, 0.3) is 0 Å². The topological polar surface area (TPSA) is 50.4 Å². The van der Waals surface area contributed by atoms with Crippen LogP contribution in [0.2, 0.25) is 0 Å². The van der Waals surface area contributed by atoms with Gasteiger partial charge in [-0.05, 0) is 30.0 Å². The zero-order valence-corrected chi connectivity index (χ0v) is 10.7. The number of ether oxygens (including phenoxy) is 1. The van der Waals surface area contributed by atoms with E-state index in [-0.39, 0.29) is 6.03 Å². The fourth-order valence-electron chi connectivity index (χ4n) is 1.65. The van der Waals surface area contributed by atoms with Gasteiger partial charge in [0.2, 0.25) is 0 Å². The van der Waals surface area contributed by atoms with Gasteiger partial charge in [-0.15, -0.1) is 0 Å². The van der Waals surface area contributed by atoms with E-state index in [1.165, 1.54) is 5.56 Å². The average molecular weight is 236 g/mol. The van der Waals surface area contributed by atoms with Crippen molar-refractivity contribution >= 4 is 6.03 Å². The molecule has 1 aromatic carbocycles. The van der Waals surface area contributed by atoms with Crippen LogP contribution >= 0.6 is 0 Å². The lowest BCUT2D eigenvalue weighted by Gasteiger charge is -2.10. The molecule has 4 nitrogen and oxygen atoms in total. The molecule has 1 rings (SSSR count). The van der Waals surface area contributed by atoms with Gasteiger partial charge in [0.25, 0.3) is 0 Å². The Kier molecular flexibility index (Phi) is 5.33. The lowest BCUT2D eigenvalue weighted by atomic mass is 10.1. The van der Waals surface area contributed by atoms with E-state index >= 15 is 0 Å². The van der Waals surface area contributed by atoms with Crippen molar-refractivity contribution in [1.82, 2.24) is 10.6 Å². The van der Waals surface area contributed by atoms with Crippen LogP contribution in [0.3, 0.4) is 0 Å². The third-order valence-corrected chi connectivity index (χ3v) is 2.66. The zero-order chi connectivity index (χ0) is 12.7. The summed E-state index contributed by atoms with van der Waals surface area (Å²) >= 11 is 0. The summed E-state index contributed by atoms with van der Waals surface area (Å²) in [5.41, 5.74) is 2.41. The van der Waals surface area contributed by atoms with Gasteiger partial charge in [-0.1, -0.05) is 19.1 Å². The van der Waals surface area contributed by atoms with Gasteiger partial charge in [0.05, 0.1) is 7.11 Å². The second-order valence-corrected chi connectivity index (χ2v) is 3.76. The van der Waals surface area contributed by atoms with Gasteiger partial charge in [-0.3, -0.25) is 0 Å². The van der Waals surface area contributed by atoms with E-state index < -0.39 is 0 Å². The quantitative estimate of drug-likeness (QED) is 0.818. The normalized spacial score (nSPS) is 9.82. The summed E-state index contributed by atoms with van der Waals surface area (Å²) < 4.78 is 5.30. The Balaban J connectivity index is 2.64. The molecule has 0 aliphatic rings. The van der Waals surface area contributed by atoms with Gasteiger partial charge in [0.1, 0.15) is 5.75 Å². The zero-order valence-electron chi connectivity index (χ0n) is 10.7. The van der Waals surface area contributed by atoms with E-state index in [1.54, 1.807) is 14.2 Å². The number of urea groups is 1. The fourth-order valence-corrected chi connectivity index (χ4v) is 1.65. The molecule has 0 bridgehead atoms. The molecule has 0 aliphatic carbocycles. The molecule has 0 radical (unpaired) electrons. The average Bonchev–Trinajstić information content (AvgIpc) is 2.38. The summed E-state index contributed by atoms with van der Waals surface area (Å²) in [4.78, 5) is 11.0. The molecule has 0 saturated carbocycles. The minimum Gasteiger partial charge on any atom is -0.496 e. The Bertz CT molecular complexity index is 378. The van der Waals surface area contributed by atoms with Crippen LogP contribution in [0.15, 0.2) is 18.2 Å². The van der Waals surface area contributed by atoms with Crippen LogP contribution in [0.5, 0.6) is 5.75 Å². The van der Waals surface area contributed by atoms with Gasteiger partial charge in [0, 0.05) is 13.6 Å². The molecule has 0 fully saturated rings. The van der Waals surface area contributed by atoms with Crippen LogP contribution in [0.4, 0.5) is 4.79 Å². The first-order valence-electron chi connectivity index (χ1n) is 5.82. The van der Waals surface area contributed by atoms with E-state index in [0.29, 0.717) is 6.54 Å². The van der Waals surface area contributed by atoms with Crippen molar-refractivity contribution in [2.45, 2.75) is 19.8 Å². The summed E-state index contributed by atoms with van der Waals surface area (Å²) in [7, 11) is 3.27. The van der Waals surface area contributed by atoms with Crippen LogP contribution in [-0.4, -0.2) is 26.7 Å². The predicted molar refractivity (Wildman–Crippen MR) is 68.5 cm³/mol. The number of nitrogens with one attached hydrogen (secondary N) is 2. The minimum atomic E-state index is -0.157. The second-order valence-electron chi connectivity index (χ2n) is 3.76. The SMILES string of the molecule is CCc1ccc(OC)c(CCNC(=O)NC)c1. The molecule has 0 saturated heterocycles. The van der Waals surface area contributed by atoms with Crippen molar-refractivity contribution in [2.24, 2.45) is 0 Å². The molecular weight excluding hydrogens is 216 g/mol. The fraction of sp³-hybridized carbons (Fsp3) is 0.462. The third kappa shape index (κ3) is 3.98. The molecule has 2 N–H and O–H groups in total. The van der Waals surface area contributed by atoms with Crippen molar-refractivity contribution in [3.8, 4) is 5.75 Å². The lowest BCUT2D eigenvalue weighted by molar-refractivity contribution is 0.243. The maximum atomic E-state index is 11.0. The number of carbonyl (C=O) groups excluding carboxylic acids is 1. The van der Waals surface area contributed by atoms with Crippen LogP contribution in [0.1, 0.15) is 18.1 Å². The maximum Gasteiger partial charge on any atom is 0.314 e. The number of benzene rings is 1. The number of methoxy groups -OCH3 is 1. The summed E-state index contributed by atoms with van der Waals surface area (Å²) in [6.07, 6.45) is 1.77. The standard InChI is InChI=1S/C13H20N2O2/c1-4-10-5-6-12(17-3)11(9-10)7-8-15-13(16)14-2/h5-6,9H,4,7-8H2,1-3H3,(H2,14,15,16). The van der Waals surface area contributed by atoms with Gasteiger partial charge in [0.15, 0.2) is 0 Å². The minimum absolute atomic E-state index is 0.157. The molecule has 0 aliphatic heterocycles. The first kappa shape index (κ1) is 13.4. The summed E-state index contributed by atoms with van der Waals surface area (Å²) in [6.45, 7) is 2.72. The molecule has 2 amide bonds. The Morgan fingerprint density at radius 2 is 2.18 bits per heavy atom. The molecule has 1 aromatic rings. The van der Waals surface area contributed by atoms with Crippen molar-refractivity contribution in [3.05, 3.63) is 29.3 Å². The highest BCUT2D eigenvalue weighted by Gasteiger charge is 2.04. The number of carbonyl (C=O) groups is 1. The number of hydrogen-bond donors (Lipinski definition) is 2. The van der Waals surface area contributed by atoms with E-state index in [0.717, 1.165) is 24.2 Å². The Hall–Kier alpha value is -1.71. The van der Waals surface area contributed by atoms with Crippen molar-refractivity contribution in [3.63, 3.8) is 0 Å². The number of rotatable bonds is 5. The monoisotopic (exact) mass is 236 g/mol. The van der Waals surface area contributed by atoms with Crippen LogP contribution < -0.4 is 15.4 Å². The second kappa shape index (κ2) is 6.78. The molecule has 94 valence electrons. The van der Waals surface area contributed by atoms with E-state index in [1.807, 2.05) is 6.07 Å². The van der Waals surface area contributed by atoms with E-state index in [9.17, 15) is 4.79 Å². The summed E-state index contributed by atoms with van der Waals surface area (Å²) in [6, 6.07) is 6.02. The lowest BCUT2D eigenvalue weighted by Crippen LogP contribution is -2.34. The van der Waals surface area contributed by atoms with Gasteiger partial charge < -0.3 is 15.4 Å². The number of aryl methyl sites for hydroxylation is 1. The molecule has 0 atom stereocenters. The Morgan fingerprint density at radius 3 is 2.76 bits per heavy atom. The van der Waals surface area contributed by atoms with Crippen LogP contribution in [0, 0.1) is 0 Å². The first-order chi connectivity index (χ1) is 8.21. The van der Waals surface area contributed by atoms with Gasteiger partial charge in [-0.2, -0.15) is 0 Å². The van der Waals surface area contributed by atoms with Crippen LogP contribution in [-0.2, 0) is 12.8 Å². The van der Waals surface area contributed by atoms with E-state index in [4.69, 9.17) is 4.74 Å². The summed E-state index contributed by atoms with van der Waals surface area (Å²) in [5, 5.41) is 5.29. The highest BCUT2D eigenvalue weighted by molar-refractivity contribution is 5.73. The highest BCUT2D eigenvalue weighted by atomic mass is 16.5. The number of amides is 2. The predicted octanol–water partition coefficient (Wildman–Crippen LogP) is 1.73. The molecule has 4 heteroatoms. The Morgan fingerprint density at radius 1 is 1.41 bits per heavy atom. The van der Waals surface area contributed by atoms with Gasteiger partial charge >= 0.3 is 6.03 Å². The van der Waals surface area contributed by atoms with Crippen molar-refractivity contribution < 1.29 is 9.53 Å². The van der Waals surface area contributed by atoms with E-state index in [2.05, 4.69) is 29.7 Å². The third-order valence-electron chi connectivity index (χ3n) is 2.66. The molecule has 0 unspecified atom stereocenters. The molecule has 0 aromatic heterocycles. The maximum absolute atomic E-state index is 11.0. The Labute approximate surface area is 102 Å². The molecular formula is C13H20N2O2. The van der Waals surface area contributed by atoms with Gasteiger partial charge in [-0.25, -0.2) is 4.79 Å².